The molecule has 0 aliphatic carbocycles. The van der Waals surface area contributed by atoms with Crippen molar-refractivity contribution in [3.63, 3.8) is 0 Å². The summed E-state index contributed by atoms with van der Waals surface area (Å²) in [4.78, 5) is 10.8. The van der Waals surface area contributed by atoms with Gasteiger partial charge in [-0.05, 0) is 12.5 Å². The van der Waals surface area contributed by atoms with Crippen LogP contribution in [0.4, 0.5) is 0 Å². The highest BCUT2D eigenvalue weighted by Crippen LogP contribution is 2.09. The third-order valence-corrected chi connectivity index (χ3v) is 1.66. The highest BCUT2D eigenvalue weighted by atomic mass is 16.1. The lowest BCUT2D eigenvalue weighted by Gasteiger charge is -2.13. The van der Waals surface area contributed by atoms with E-state index in [-0.39, 0.29) is 5.91 Å². The minimum atomic E-state index is -0.356. The fraction of sp³-hybridized carbons (Fsp3) is 0.375. The predicted octanol–water partition coefficient (Wildman–Crippen LogP) is 0.295. The molecule has 0 radical (unpaired) electrons. The van der Waals surface area contributed by atoms with Crippen molar-refractivity contribution >= 4 is 5.91 Å². The molecule has 0 fully saturated rings. The molecule has 11 heavy (non-hydrogen) atoms. The standard InChI is InChI=1S/C8H12N2O/c1-2-7-6(8(9)11)4-3-5-10-7/h3-4,10H,2,5H2,1H3,(H2,9,11). The van der Waals surface area contributed by atoms with Crippen LogP contribution in [-0.2, 0) is 4.79 Å². The smallest absolute Gasteiger partial charge is 0.250 e. The average Bonchev–Trinajstić information content (AvgIpc) is 2.04. The van der Waals surface area contributed by atoms with E-state index in [2.05, 4.69) is 5.32 Å². The molecule has 1 amide bonds. The number of nitrogens with two attached hydrogens (primary N) is 1. The maximum absolute atomic E-state index is 10.8. The van der Waals surface area contributed by atoms with Crippen LogP contribution in [0.5, 0.6) is 0 Å². The highest BCUT2D eigenvalue weighted by molar-refractivity contribution is 5.95. The van der Waals surface area contributed by atoms with Crippen molar-refractivity contribution in [3.05, 3.63) is 23.4 Å². The summed E-state index contributed by atoms with van der Waals surface area (Å²) in [6.45, 7) is 2.78. The molecule has 1 heterocycles. The summed E-state index contributed by atoms with van der Waals surface area (Å²) < 4.78 is 0. The lowest BCUT2D eigenvalue weighted by molar-refractivity contribution is -0.114. The van der Waals surface area contributed by atoms with Gasteiger partial charge in [0.2, 0.25) is 5.91 Å². The van der Waals surface area contributed by atoms with Gasteiger partial charge in [0.05, 0.1) is 5.57 Å². The number of allylic oxidation sites excluding steroid dienone is 1. The van der Waals surface area contributed by atoms with E-state index in [1.165, 1.54) is 0 Å². The summed E-state index contributed by atoms with van der Waals surface area (Å²) in [6, 6.07) is 0. The molecule has 0 saturated heterocycles. The van der Waals surface area contributed by atoms with Crippen LogP contribution in [0.15, 0.2) is 23.4 Å². The van der Waals surface area contributed by atoms with Crippen LogP contribution in [0.3, 0.4) is 0 Å². The number of primary amides is 1. The van der Waals surface area contributed by atoms with Gasteiger partial charge in [-0.1, -0.05) is 13.0 Å². The maximum atomic E-state index is 10.8. The lowest BCUT2D eigenvalue weighted by atomic mass is 10.1. The molecule has 0 saturated carbocycles. The molecule has 0 spiro atoms. The molecule has 0 aromatic carbocycles. The number of carbonyl (C=O) groups is 1. The summed E-state index contributed by atoms with van der Waals surface area (Å²) in [6.07, 6.45) is 4.49. The Kier molecular flexibility index (Phi) is 2.31. The topological polar surface area (TPSA) is 55.1 Å². The van der Waals surface area contributed by atoms with E-state index in [9.17, 15) is 4.79 Å². The number of amides is 1. The van der Waals surface area contributed by atoms with E-state index >= 15 is 0 Å². The van der Waals surface area contributed by atoms with Gasteiger partial charge in [0, 0.05) is 12.2 Å². The first-order valence-corrected chi connectivity index (χ1v) is 3.69. The van der Waals surface area contributed by atoms with Gasteiger partial charge in [0.15, 0.2) is 0 Å². The third-order valence-electron chi connectivity index (χ3n) is 1.66. The number of hydrogen-bond donors (Lipinski definition) is 2. The monoisotopic (exact) mass is 152 g/mol. The quantitative estimate of drug-likeness (QED) is 0.597. The molecule has 0 unspecified atom stereocenters. The van der Waals surface area contributed by atoms with Crippen molar-refractivity contribution in [2.45, 2.75) is 13.3 Å². The van der Waals surface area contributed by atoms with E-state index in [1.807, 2.05) is 13.0 Å². The Balaban J connectivity index is 2.92. The van der Waals surface area contributed by atoms with Gasteiger partial charge in [-0.15, -0.1) is 0 Å². The Hall–Kier alpha value is -1.25. The highest BCUT2D eigenvalue weighted by Gasteiger charge is 2.09. The molecule has 1 aliphatic rings. The van der Waals surface area contributed by atoms with Gasteiger partial charge in [-0.25, -0.2) is 0 Å². The maximum Gasteiger partial charge on any atom is 0.250 e. The van der Waals surface area contributed by atoms with Crippen molar-refractivity contribution in [2.75, 3.05) is 6.54 Å². The minimum Gasteiger partial charge on any atom is -0.384 e. The molecule has 3 heteroatoms. The van der Waals surface area contributed by atoms with Crippen LogP contribution in [0, 0.1) is 0 Å². The Morgan fingerprint density at radius 2 is 2.55 bits per heavy atom. The van der Waals surface area contributed by atoms with Gasteiger partial charge in [-0.3, -0.25) is 4.79 Å². The fourth-order valence-corrected chi connectivity index (χ4v) is 1.10. The molecule has 0 atom stereocenters. The number of rotatable bonds is 2. The predicted molar refractivity (Wildman–Crippen MR) is 43.7 cm³/mol. The summed E-state index contributed by atoms with van der Waals surface area (Å²) in [5, 5.41) is 3.09. The summed E-state index contributed by atoms with van der Waals surface area (Å²) in [5.74, 6) is -0.356. The zero-order valence-electron chi connectivity index (χ0n) is 6.55. The largest absolute Gasteiger partial charge is 0.384 e. The van der Waals surface area contributed by atoms with Crippen LogP contribution in [0.1, 0.15) is 13.3 Å². The van der Waals surface area contributed by atoms with Gasteiger partial charge < -0.3 is 11.1 Å². The van der Waals surface area contributed by atoms with Gasteiger partial charge >= 0.3 is 0 Å². The Labute approximate surface area is 66.0 Å². The Bertz CT molecular complexity index is 228. The lowest BCUT2D eigenvalue weighted by Crippen LogP contribution is -2.24. The normalized spacial score (nSPS) is 16.5. The molecule has 60 valence electrons. The van der Waals surface area contributed by atoms with Gasteiger partial charge in [-0.2, -0.15) is 0 Å². The van der Waals surface area contributed by atoms with E-state index < -0.39 is 0 Å². The van der Waals surface area contributed by atoms with Gasteiger partial charge in [0.1, 0.15) is 0 Å². The second-order valence-corrected chi connectivity index (χ2v) is 2.39. The van der Waals surface area contributed by atoms with Crippen LogP contribution in [0.25, 0.3) is 0 Å². The second-order valence-electron chi connectivity index (χ2n) is 2.39. The first-order valence-electron chi connectivity index (χ1n) is 3.69. The number of nitrogens with one attached hydrogen (secondary N) is 1. The molecule has 0 bridgehead atoms. The van der Waals surface area contributed by atoms with E-state index in [0.717, 1.165) is 18.7 Å². The van der Waals surface area contributed by atoms with Crippen LogP contribution in [0.2, 0.25) is 0 Å². The number of dihydropyridines is 1. The zero-order valence-corrected chi connectivity index (χ0v) is 6.55. The fourth-order valence-electron chi connectivity index (χ4n) is 1.10. The average molecular weight is 152 g/mol. The minimum absolute atomic E-state index is 0.356. The van der Waals surface area contributed by atoms with Crippen molar-refractivity contribution in [1.82, 2.24) is 5.32 Å². The first kappa shape index (κ1) is 7.85. The van der Waals surface area contributed by atoms with Gasteiger partial charge in [0.25, 0.3) is 0 Å². The summed E-state index contributed by atoms with van der Waals surface area (Å²) in [7, 11) is 0. The molecule has 1 aliphatic heterocycles. The Morgan fingerprint density at radius 3 is 3.00 bits per heavy atom. The summed E-state index contributed by atoms with van der Waals surface area (Å²) in [5.41, 5.74) is 6.70. The Morgan fingerprint density at radius 1 is 1.82 bits per heavy atom. The van der Waals surface area contributed by atoms with Crippen LogP contribution >= 0.6 is 0 Å². The zero-order chi connectivity index (χ0) is 8.27. The van der Waals surface area contributed by atoms with E-state index in [1.54, 1.807) is 6.08 Å². The molecular weight excluding hydrogens is 140 g/mol. The molecule has 3 N–H and O–H groups in total. The van der Waals surface area contributed by atoms with E-state index in [0.29, 0.717) is 5.57 Å². The summed E-state index contributed by atoms with van der Waals surface area (Å²) >= 11 is 0. The number of carbonyl (C=O) groups excluding carboxylic acids is 1. The molecule has 0 aromatic heterocycles. The van der Waals surface area contributed by atoms with Crippen LogP contribution < -0.4 is 11.1 Å². The second kappa shape index (κ2) is 3.23. The number of hydrogen-bond acceptors (Lipinski definition) is 2. The van der Waals surface area contributed by atoms with E-state index in [4.69, 9.17) is 5.73 Å². The van der Waals surface area contributed by atoms with Crippen molar-refractivity contribution < 1.29 is 4.79 Å². The molecule has 3 nitrogen and oxygen atoms in total. The SMILES string of the molecule is CCC1=C(C(N)=O)C=CCN1. The van der Waals surface area contributed by atoms with Crippen LogP contribution in [-0.4, -0.2) is 12.5 Å². The third kappa shape index (κ3) is 1.61. The first-order chi connectivity index (χ1) is 5.25. The van der Waals surface area contributed by atoms with Crippen molar-refractivity contribution in [2.24, 2.45) is 5.73 Å². The molecule has 1 rings (SSSR count). The molecular formula is C8H12N2O. The molecule has 0 aromatic rings. The van der Waals surface area contributed by atoms with Crippen molar-refractivity contribution in [1.29, 1.82) is 0 Å². The van der Waals surface area contributed by atoms with Crippen molar-refractivity contribution in [3.8, 4) is 0 Å².